The van der Waals surface area contributed by atoms with Crippen molar-refractivity contribution in [3.63, 3.8) is 0 Å². The van der Waals surface area contributed by atoms with E-state index >= 15 is 0 Å². The van der Waals surface area contributed by atoms with Gasteiger partial charge in [0.15, 0.2) is 5.13 Å². The molecule has 0 aliphatic carbocycles. The number of hydrogen-bond acceptors (Lipinski definition) is 4. The molecule has 0 aromatic carbocycles. The minimum atomic E-state index is -0.0196. The van der Waals surface area contributed by atoms with E-state index < -0.39 is 0 Å². The zero-order chi connectivity index (χ0) is 11.7. The molecule has 1 N–H and O–H groups in total. The Kier molecular flexibility index (Phi) is 3.72. The number of aliphatic hydroxyl groups excluding tert-OH is 1. The van der Waals surface area contributed by atoms with E-state index in [4.69, 9.17) is 16.7 Å². The van der Waals surface area contributed by atoms with Gasteiger partial charge in [0.1, 0.15) is 5.15 Å². The number of nitrogens with zero attached hydrogens (tertiary/aromatic N) is 2. The highest BCUT2D eigenvalue weighted by molar-refractivity contribution is 7.16. The lowest BCUT2D eigenvalue weighted by atomic mass is 9.96. The van der Waals surface area contributed by atoms with Crippen molar-refractivity contribution >= 4 is 28.1 Å². The average Bonchev–Trinajstić information content (AvgIpc) is 2.63. The van der Waals surface area contributed by atoms with Crippen LogP contribution in [0.1, 0.15) is 31.6 Å². The van der Waals surface area contributed by atoms with Crippen LogP contribution in [0.15, 0.2) is 0 Å². The second kappa shape index (κ2) is 4.90. The molecule has 2 unspecified atom stereocenters. The Labute approximate surface area is 105 Å². The van der Waals surface area contributed by atoms with Crippen molar-refractivity contribution in [2.75, 3.05) is 11.4 Å². The highest BCUT2D eigenvalue weighted by atomic mass is 35.5. The molecule has 1 aromatic rings. The summed E-state index contributed by atoms with van der Waals surface area (Å²) >= 11 is 7.47. The van der Waals surface area contributed by atoms with Gasteiger partial charge >= 0.3 is 0 Å². The summed E-state index contributed by atoms with van der Waals surface area (Å²) in [7, 11) is 0. The molecule has 0 spiro atoms. The molecule has 5 heteroatoms. The monoisotopic (exact) mass is 260 g/mol. The number of rotatable bonds is 2. The van der Waals surface area contributed by atoms with Crippen molar-refractivity contribution < 1.29 is 5.11 Å². The molecule has 1 aliphatic heterocycles. The van der Waals surface area contributed by atoms with Crippen LogP contribution in [0, 0.1) is 5.92 Å². The second-order valence-corrected chi connectivity index (χ2v) is 5.97. The topological polar surface area (TPSA) is 36.4 Å². The van der Waals surface area contributed by atoms with E-state index in [0.717, 1.165) is 16.6 Å². The summed E-state index contributed by atoms with van der Waals surface area (Å²) < 4.78 is 0. The van der Waals surface area contributed by atoms with Crippen LogP contribution in [-0.4, -0.2) is 22.7 Å². The van der Waals surface area contributed by atoms with E-state index in [0.29, 0.717) is 17.1 Å². The maximum Gasteiger partial charge on any atom is 0.187 e. The lowest BCUT2D eigenvalue weighted by molar-refractivity contribution is 0.285. The number of anilines is 1. The molecule has 0 saturated carbocycles. The molecule has 16 heavy (non-hydrogen) atoms. The Bertz CT molecular complexity index is 369. The number of halogens is 1. The maximum atomic E-state index is 9.12. The predicted octanol–water partition coefficient (Wildman–Crippen LogP) is 2.91. The fourth-order valence-electron chi connectivity index (χ4n) is 2.10. The van der Waals surface area contributed by atoms with E-state index in [1.54, 1.807) is 0 Å². The van der Waals surface area contributed by atoms with Gasteiger partial charge in [-0.1, -0.05) is 29.9 Å². The third-order valence-electron chi connectivity index (χ3n) is 3.15. The van der Waals surface area contributed by atoms with Crippen LogP contribution in [0.3, 0.4) is 0 Å². The van der Waals surface area contributed by atoms with Crippen molar-refractivity contribution in [1.29, 1.82) is 0 Å². The highest BCUT2D eigenvalue weighted by Gasteiger charge is 2.26. The first-order valence-electron chi connectivity index (χ1n) is 5.64. The van der Waals surface area contributed by atoms with Gasteiger partial charge in [-0.2, -0.15) is 0 Å². The summed E-state index contributed by atoms with van der Waals surface area (Å²) in [5.41, 5.74) is 0. The fourth-order valence-corrected chi connectivity index (χ4v) is 3.33. The maximum absolute atomic E-state index is 9.12. The molecule has 1 aliphatic rings. The van der Waals surface area contributed by atoms with E-state index in [-0.39, 0.29) is 6.61 Å². The zero-order valence-electron chi connectivity index (χ0n) is 9.61. The van der Waals surface area contributed by atoms with Gasteiger partial charge in [-0.3, -0.25) is 0 Å². The van der Waals surface area contributed by atoms with E-state index in [1.165, 1.54) is 24.2 Å². The largest absolute Gasteiger partial charge is 0.391 e. The lowest BCUT2D eigenvalue weighted by Gasteiger charge is -2.36. The first-order valence-corrected chi connectivity index (χ1v) is 6.84. The Balaban J connectivity index is 2.21. The first kappa shape index (κ1) is 12.1. The number of aromatic nitrogens is 1. The van der Waals surface area contributed by atoms with Crippen LogP contribution in [-0.2, 0) is 6.61 Å². The molecule has 0 bridgehead atoms. The number of thiazole rings is 1. The molecule has 1 aromatic heterocycles. The van der Waals surface area contributed by atoms with Gasteiger partial charge in [-0.25, -0.2) is 4.98 Å². The third kappa shape index (κ3) is 2.34. The lowest BCUT2D eigenvalue weighted by Crippen LogP contribution is -2.41. The van der Waals surface area contributed by atoms with Crippen LogP contribution in [0.5, 0.6) is 0 Å². The van der Waals surface area contributed by atoms with Gasteiger partial charge in [-0.05, 0) is 25.7 Å². The number of aliphatic hydroxyl groups is 1. The van der Waals surface area contributed by atoms with E-state index in [9.17, 15) is 0 Å². The summed E-state index contributed by atoms with van der Waals surface area (Å²) in [5, 5.41) is 10.5. The normalized spacial score (nSPS) is 26.1. The van der Waals surface area contributed by atoms with Gasteiger partial charge in [0.05, 0.1) is 11.5 Å². The van der Waals surface area contributed by atoms with Gasteiger partial charge < -0.3 is 10.0 Å². The third-order valence-corrected chi connectivity index (χ3v) is 4.65. The predicted molar refractivity (Wildman–Crippen MR) is 68.3 cm³/mol. The minimum absolute atomic E-state index is 0.0196. The fraction of sp³-hybridized carbons (Fsp3) is 0.727. The molecule has 1 fully saturated rings. The SMILES string of the molecule is CC1CCC(C)N(c2nc(Cl)c(CO)s2)C1. The molecular formula is C11H17ClN2OS. The molecule has 2 atom stereocenters. The molecule has 2 rings (SSSR count). The quantitative estimate of drug-likeness (QED) is 0.888. The second-order valence-electron chi connectivity index (χ2n) is 4.55. The van der Waals surface area contributed by atoms with Crippen LogP contribution < -0.4 is 4.90 Å². The molecule has 90 valence electrons. The molecule has 1 saturated heterocycles. The Morgan fingerprint density at radius 1 is 1.50 bits per heavy atom. The van der Waals surface area contributed by atoms with Crippen LogP contribution in [0.4, 0.5) is 5.13 Å². The molecule has 2 heterocycles. The van der Waals surface area contributed by atoms with Crippen molar-refractivity contribution in [2.24, 2.45) is 5.92 Å². The van der Waals surface area contributed by atoms with Gasteiger partial charge in [-0.15, -0.1) is 0 Å². The number of hydrogen-bond donors (Lipinski definition) is 1. The van der Waals surface area contributed by atoms with Crippen molar-refractivity contribution in [3.8, 4) is 0 Å². The Hall–Kier alpha value is -0.320. The van der Waals surface area contributed by atoms with Gasteiger partial charge in [0, 0.05) is 12.6 Å². The molecular weight excluding hydrogens is 244 g/mol. The Morgan fingerprint density at radius 3 is 2.88 bits per heavy atom. The summed E-state index contributed by atoms with van der Waals surface area (Å²) in [6, 6.07) is 0.518. The summed E-state index contributed by atoms with van der Waals surface area (Å²) in [6.07, 6.45) is 2.48. The van der Waals surface area contributed by atoms with Gasteiger partial charge in [0.25, 0.3) is 0 Å². The standard InChI is InChI=1S/C11H17ClN2OS/c1-7-3-4-8(2)14(5-7)11-13-10(12)9(6-15)16-11/h7-8,15H,3-6H2,1-2H3. The summed E-state index contributed by atoms with van der Waals surface area (Å²) in [6.45, 7) is 5.50. The van der Waals surface area contributed by atoms with Crippen LogP contribution in [0.2, 0.25) is 5.15 Å². The van der Waals surface area contributed by atoms with Crippen LogP contribution in [0.25, 0.3) is 0 Å². The highest BCUT2D eigenvalue weighted by Crippen LogP contribution is 2.34. The van der Waals surface area contributed by atoms with Crippen molar-refractivity contribution in [1.82, 2.24) is 4.98 Å². The molecule has 0 radical (unpaired) electrons. The molecule has 3 nitrogen and oxygen atoms in total. The summed E-state index contributed by atoms with van der Waals surface area (Å²) in [5.74, 6) is 0.705. The minimum Gasteiger partial charge on any atom is -0.391 e. The van der Waals surface area contributed by atoms with Gasteiger partial charge in [0.2, 0.25) is 0 Å². The van der Waals surface area contributed by atoms with Crippen molar-refractivity contribution in [3.05, 3.63) is 10.0 Å². The summed E-state index contributed by atoms with van der Waals surface area (Å²) in [4.78, 5) is 7.42. The van der Waals surface area contributed by atoms with Crippen molar-refractivity contribution in [2.45, 2.75) is 39.3 Å². The zero-order valence-corrected chi connectivity index (χ0v) is 11.2. The Morgan fingerprint density at radius 2 is 2.25 bits per heavy atom. The first-order chi connectivity index (χ1) is 7.61. The average molecular weight is 261 g/mol. The smallest absolute Gasteiger partial charge is 0.187 e. The number of piperidine rings is 1. The van der Waals surface area contributed by atoms with Crippen LogP contribution >= 0.6 is 22.9 Å². The van der Waals surface area contributed by atoms with E-state index in [2.05, 4.69) is 23.7 Å². The van der Waals surface area contributed by atoms with E-state index in [1.807, 2.05) is 0 Å². The molecule has 0 amide bonds.